The Balaban J connectivity index is 1.19. The first-order chi connectivity index (χ1) is 24.2. The zero-order chi connectivity index (χ0) is 35.2. The summed E-state index contributed by atoms with van der Waals surface area (Å²) in [5.41, 5.74) is 6.31. The van der Waals surface area contributed by atoms with Crippen molar-refractivity contribution in [2.24, 2.45) is 5.92 Å². The van der Waals surface area contributed by atoms with Gasteiger partial charge in [-0.1, -0.05) is 59.6 Å². The normalized spacial score (nSPS) is 16.4. The Morgan fingerprint density at radius 2 is 1.72 bits per heavy atom. The third-order valence-electron chi connectivity index (χ3n) is 9.48. The fraction of sp³-hybridized carbons (Fsp3) is 0.368. The highest BCUT2D eigenvalue weighted by atomic mass is 35.5. The standard InChI is InChI=1S/C38H42Cl2N6O4/c1-23(47)46-15-12-28(13-16-46)43-22-27-9-10-32(45-38(27)50-3)31-6-4-5-29(35(31)39)30-11-14-42-37(36(30)40)25-7-8-26(33(18-25)49-2)21-41-19-24-17-34(48)44-20-24/h4-11,14,18,24,28,41,43H,12-13,15-17,19-22H2,1-3H3,(H,44,48)/t24-/m0/s1. The van der Waals surface area contributed by atoms with E-state index in [1.165, 1.54) is 0 Å². The van der Waals surface area contributed by atoms with E-state index in [0.717, 1.165) is 71.6 Å². The van der Waals surface area contributed by atoms with E-state index in [0.29, 0.717) is 59.4 Å². The molecule has 2 aromatic heterocycles. The number of hydrogen-bond donors (Lipinski definition) is 3. The molecule has 12 heteroatoms. The van der Waals surface area contributed by atoms with Crippen molar-refractivity contribution in [3.05, 3.63) is 82.0 Å². The topological polar surface area (TPSA) is 118 Å². The van der Waals surface area contributed by atoms with Crippen LogP contribution in [-0.4, -0.2) is 73.1 Å². The maximum atomic E-state index is 11.7. The number of piperidine rings is 1. The fourth-order valence-electron chi connectivity index (χ4n) is 6.63. The number of aromatic nitrogens is 2. The number of rotatable bonds is 12. The van der Waals surface area contributed by atoms with Crippen molar-refractivity contribution in [2.75, 3.05) is 40.4 Å². The Bertz CT molecular complexity index is 1860. The van der Waals surface area contributed by atoms with E-state index in [4.69, 9.17) is 37.7 Å². The molecule has 4 aromatic rings. The van der Waals surface area contributed by atoms with Gasteiger partial charge in [0.05, 0.1) is 35.7 Å². The van der Waals surface area contributed by atoms with Gasteiger partial charge in [-0.15, -0.1) is 0 Å². The zero-order valence-corrected chi connectivity index (χ0v) is 30.0. The van der Waals surface area contributed by atoms with Gasteiger partial charge < -0.3 is 30.3 Å². The lowest BCUT2D eigenvalue weighted by Crippen LogP contribution is -2.44. The number of amides is 2. The van der Waals surface area contributed by atoms with Gasteiger partial charge in [-0.3, -0.25) is 14.6 Å². The summed E-state index contributed by atoms with van der Waals surface area (Å²) in [5, 5.41) is 10.9. The molecule has 0 unspecified atom stereocenters. The highest BCUT2D eigenvalue weighted by Gasteiger charge is 2.23. The Hall–Kier alpha value is -4.22. The first kappa shape index (κ1) is 35.6. The van der Waals surface area contributed by atoms with Crippen molar-refractivity contribution in [3.8, 4) is 45.3 Å². The molecule has 0 aliphatic carbocycles. The number of nitrogens with one attached hydrogen (secondary N) is 3. The molecule has 1 atom stereocenters. The van der Waals surface area contributed by atoms with E-state index in [1.54, 1.807) is 27.3 Å². The molecular weight excluding hydrogens is 675 g/mol. The smallest absolute Gasteiger partial charge is 0.220 e. The predicted molar refractivity (Wildman–Crippen MR) is 196 cm³/mol. The molecule has 0 bridgehead atoms. The summed E-state index contributed by atoms with van der Waals surface area (Å²) in [6, 6.07) is 17.9. The summed E-state index contributed by atoms with van der Waals surface area (Å²) >= 11 is 14.2. The lowest BCUT2D eigenvalue weighted by molar-refractivity contribution is -0.130. The van der Waals surface area contributed by atoms with Gasteiger partial charge in [0.15, 0.2) is 0 Å². The summed E-state index contributed by atoms with van der Waals surface area (Å²) in [7, 11) is 3.26. The lowest BCUT2D eigenvalue weighted by Gasteiger charge is -2.31. The van der Waals surface area contributed by atoms with Gasteiger partial charge in [0, 0.05) is 98.2 Å². The van der Waals surface area contributed by atoms with Gasteiger partial charge in [0.2, 0.25) is 17.7 Å². The van der Waals surface area contributed by atoms with E-state index in [-0.39, 0.29) is 17.7 Å². The van der Waals surface area contributed by atoms with Crippen LogP contribution in [0.2, 0.25) is 10.0 Å². The maximum absolute atomic E-state index is 11.7. The SMILES string of the molecule is COc1cc(-c2nccc(-c3cccc(-c4ccc(CNC5CCN(C(C)=O)CC5)c(OC)n4)c3Cl)c2Cl)ccc1CNC[C@H]1CNC(=O)C1. The molecule has 3 N–H and O–H groups in total. The van der Waals surface area contributed by atoms with Crippen LogP contribution < -0.4 is 25.4 Å². The van der Waals surface area contributed by atoms with E-state index in [1.807, 2.05) is 59.5 Å². The van der Waals surface area contributed by atoms with Crippen LogP contribution in [0.5, 0.6) is 11.6 Å². The van der Waals surface area contributed by atoms with Crippen LogP contribution in [-0.2, 0) is 22.7 Å². The Morgan fingerprint density at radius 1 is 0.960 bits per heavy atom. The van der Waals surface area contributed by atoms with Crippen molar-refractivity contribution >= 4 is 35.0 Å². The maximum Gasteiger partial charge on any atom is 0.220 e. The van der Waals surface area contributed by atoms with Crippen LogP contribution in [0.3, 0.4) is 0 Å². The quantitative estimate of drug-likeness (QED) is 0.160. The second kappa shape index (κ2) is 16.2. The minimum absolute atomic E-state index is 0.105. The Labute approximate surface area is 302 Å². The molecule has 2 amide bonds. The van der Waals surface area contributed by atoms with Crippen LogP contribution >= 0.6 is 23.2 Å². The first-order valence-corrected chi connectivity index (χ1v) is 17.6. The molecule has 0 spiro atoms. The molecule has 2 aliphatic rings. The van der Waals surface area contributed by atoms with Gasteiger partial charge in [0.25, 0.3) is 0 Å². The zero-order valence-electron chi connectivity index (χ0n) is 28.5. The second-order valence-electron chi connectivity index (χ2n) is 12.7. The van der Waals surface area contributed by atoms with E-state index in [9.17, 15) is 9.59 Å². The number of likely N-dealkylation sites (tertiary alicyclic amines) is 1. The molecule has 2 aromatic carbocycles. The average molecular weight is 718 g/mol. The Morgan fingerprint density at radius 3 is 2.44 bits per heavy atom. The van der Waals surface area contributed by atoms with Crippen LogP contribution in [0.25, 0.3) is 33.6 Å². The number of benzene rings is 2. The minimum atomic E-state index is 0.105. The summed E-state index contributed by atoms with van der Waals surface area (Å²) < 4.78 is 11.4. The van der Waals surface area contributed by atoms with Crippen LogP contribution in [0, 0.1) is 5.92 Å². The summed E-state index contributed by atoms with van der Waals surface area (Å²) in [4.78, 5) is 34.6. The number of ether oxygens (including phenoxy) is 2. The van der Waals surface area contributed by atoms with Crippen LogP contribution in [0.1, 0.15) is 37.3 Å². The molecule has 50 heavy (non-hydrogen) atoms. The fourth-order valence-corrected chi connectivity index (χ4v) is 7.28. The lowest BCUT2D eigenvalue weighted by atomic mass is 9.99. The third kappa shape index (κ3) is 8.05. The van der Waals surface area contributed by atoms with Gasteiger partial charge in [-0.2, -0.15) is 0 Å². The minimum Gasteiger partial charge on any atom is -0.496 e. The largest absolute Gasteiger partial charge is 0.496 e. The molecule has 4 heterocycles. The van der Waals surface area contributed by atoms with Crippen molar-refractivity contribution < 1.29 is 19.1 Å². The number of pyridine rings is 2. The first-order valence-electron chi connectivity index (χ1n) is 16.9. The number of halogens is 2. The molecule has 0 radical (unpaired) electrons. The molecule has 2 saturated heterocycles. The highest BCUT2D eigenvalue weighted by molar-refractivity contribution is 6.39. The molecule has 0 saturated carbocycles. The summed E-state index contributed by atoms with van der Waals surface area (Å²) in [6.45, 7) is 5.81. The van der Waals surface area contributed by atoms with Crippen molar-refractivity contribution in [1.29, 1.82) is 0 Å². The highest BCUT2D eigenvalue weighted by Crippen LogP contribution is 2.42. The average Bonchev–Trinajstić information content (AvgIpc) is 3.55. The van der Waals surface area contributed by atoms with Gasteiger partial charge in [0.1, 0.15) is 5.75 Å². The summed E-state index contributed by atoms with van der Waals surface area (Å²) in [5.74, 6) is 1.77. The molecule has 10 nitrogen and oxygen atoms in total. The predicted octanol–water partition coefficient (Wildman–Crippen LogP) is 6.13. The number of hydrogen-bond acceptors (Lipinski definition) is 8. The van der Waals surface area contributed by atoms with E-state index in [2.05, 4.69) is 20.9 Å². The number of nitrogens with zero attached hydrogens (tertiary/aromatic N) is 3. The second-order valence-corrected chi connectivity index (χ2v) is 13.5. The molecule has 6 rings (SSSR count). The van der Waals surface area contributed by atoms with Gasteiger partial charge in [-0.05, 0) is 37.0 Å². The van der Waals surface area contributed by atoms with E-state index < -0.39 is 0 Å². The van der Waals surface area contributed by atoms with Crippen molar-refractivity contribution in [3.63, 3.8) is 0 Å². The number of carbonyl (C=O) groups excluding carboxylic acids is 2. The van der Waals surface area contributed by atoms with Crippen LogP contribution in [0.15, 0.2) is 60.8 Å². The monoisotopic (exact) mass is 716 g/mol. The van der Waals surface area contributed by atoms with E-state index >= 15 is 0 Å². The molecular formula is C38H42Cl2N6O4. The molecule has 2 aliphatic heterocycles. The third-order valence-corrected chi connectivity index (χ3v) is 10.3. The molecule has 262 valence electrons. The molecule has 2 fully saturated rings. The van der Waals surface area contributed by atoms with Crippen molar-refractivity contribution in [1.82, 2.24) is 30.8 Å². The Kier molecular flexibility index (Phi) is 11.5. The van der Waals surface area contributed by atoms with Crippen LogP contribution in [0.4, 0.5) is 0 Å². The number of methoxy groups -OCH3 is 2. The van der Waals surface area contributed by atoms with Gasteiger partial charge >= 0.3 is 0 Å². The number of carbonyl (C=O) groups is 2. The van der Waals surface area contributed by atoms with Gasteiger partial charge in [-0.25, -0.2) is 4.98 Å². The van der Waals surface area contributed by atoms with Crippen molar-refractivity contribution in [2.45, 2.75) is 45.3 Å². The summed E-state index contributed by atoms with van der Waals surface area (Å²) in [6.07, 6.45) is 4.10.